The van der Waals surface area contributed by atoms with Gasteiger partial charge < -0.3 is 0 Å². The number of carbonyl (C=O) groups excluding carboxylic acids is 1. The molecule has 1 N–H and O–H groups in total. The molecular formula is C21H22FN5O. The van der Waals surface area contributed by atoms with E-state index in [-0.39, 0.29) is 11.7 Å². The van der Waals surface area contributed by atoms with Gasteiger partial charge in [-0.15, -0.1) is 0 Å². The first-order valence-corrected chi connectivity index (χ1v) is 9.51. The van der Waals surface area contributed by atoms with Crippen LogP contribution in [0.2, 0.25) is 0 Å². The summed E-state index contributed by atoms with van der Waals surface area (Å²) in [7, 11) is 0. The molecule has 144 valence electrons. The van der Waals surface area contributed by atoms with Crippen molar-refractivity contribution in [1.29, 1.82) is 0 Å². The van der Waals surface area contributed by atoms with Gasteiger partial charge in [0.15, 0.2) is 5.82 Å². The minimum absolute atomic E-state index is 0.0818. The predicted molar refractivity (Wildman–Crippen MR) is 106 cm³/mol. The zero-order chi connectivity index (χ0) is 19.5. The molecule has 0 atom stereocenters. The standard InChI is InChI=1S/C21H22FN5O/c1-2-3-4-18(28)26-13-14-27-21(25-26)19(15-9-11-23-12-10-15)20(24-27)16-5-7-17(22)8-6-16/h5-12,25H,2-4,13-14H2,1H3. The highest BCUT2D eigenvalue weighted by atomic mass is 19.1. The van der Waals surface area contributed by atoms with Gasteiger partial charge in [-0.3, -0.25) is 20.2 Å². The number of benzene rings is 1. The summed E-state index contributed by atoms with van der Waals surface area (Å²) in [5.74, 6) is 0.559. The average Bonchev–Trinajstić information content (AvgIpc) is 3.11. The minimum Gasteiger partial charge on any atom is -0.279 e. The quantitative estimate of drug-likeness (QED) is 0.725. The Balaban J connectivity index is 1.77. The number of amides is 1. The van der Waals surface area contributed by atoms with Crippen LogP contribution in [0.25, 0.3) is 22.4 Å². The molecule has 0 bridgehead atoms. The molecule has 1 amide bonds. The van der Waals surface area contributed by atoms with E-state index in [4.69, 9.17) is 5.10 Å². The van der Waals surface area contributed by atoms with Crippen molar-refractivity contribution in [2.24, 2.45) is 0 Å². The number of carbonyl (C=O) groups is 1. The van der Waals surface area contributed by atoms with Gasteiger partial charge in [0.1, 0.15) is 11.5 Å². The van der Waals surface area contributed by atoms with Gasteiger partial charge in [-0.1, -0.05) is 13.3 Å². The predicted octanol–water partition coefficient (Wildman–Crippen LogP) is 4.11. The molecule has 2 aromatic heterocycles. The fraction of sp³-hybridized carbons (Fsp3) is 0.286. The third-order valence-corrected chi connectivity index (χ3v) is 4.86. The van der Waals surface area contributed by atoms with Gasteiger partial charge in [0, 0.05) is 24.4 Å². The van der Waals surface area contributed by atoms with Crippen LogP contribution in [0.1, 0.15) is 26.2 Å². The van der Waals surface area contributed by atoms with Crippen LogP contribution in [0.3, 0.4) is 0 Å². The number of anilines is 1. The number of pyridine rings is 1. The monoisotopic (exact) mass is 379 g/mol. The molecule has 1 aliphatic rings. The van der Waals surface area contributed by atoms with Crippen molar-refractivity contribution in [3.05, 3.63) is 54.6 Å². The Morgan fingerprint density at radius 1 is 1.11 bits per heavy atom. The van der Waals surface area contributed by atoms with E-state index in [9.17, 15) is 9.18 Å². The van der Waals surface area contributed by atoms with E-state index in [1.54, 1.807) is 29.5 Å². The second kappa shape index (κ2) is 7.80. The first-order chi connectivity index (χ1) is 13.7. The molecule has 4 rings (SSSR count). The molecule has 0 fully saturated rings. The second-order valence-electron chi connectivity index (χ2n) is 6.80. The Morgan fingerprint density at radius 3 is 2.57 bits per heavy atom. The van der Waals surface area contributed by atoms with Crippen LogP contribution in [-0.4, -0.2) is 32.2 Å². The minimum atomic E-state index is -0.288. The van der Waals surface area contributed by atoms with Gasteiger partial charge >= 0.3 is 0 Å². The molecular weight excluding hydrogens is 357 g/mol. The van der Waals surface area contributed by atoms with Crippen LogP contribution in [-0.2, 0) is 11.3 Å². The molecule has 3 heterocycles. The number of hydrogen-bond acceptors (Lipinski definition) is 4. The summed E-state index contributed by atoms with van der Waals surface area (Å²) in [5, 5.41) is 6.43. The zero-order valence-corrected chi connectivity index (χ0v) is 15.7. The number of hydrogen-bond donors (Lipinski definition) is 1. The van der Waals surface area contributed by atoms with Crippen molar-refractivity contribution in [2.75, 3.05) is 12.0 Å². The van der Waals surface area contributed by atoms with Crippen molar-refractivity contribution in [3.8, 4) is 22.4 Å². The summed E-state index contributed by atoms with van der Waals surface area (Å²) < 4.78 is 15.3. The van der Waals surface area contributed by atoms with Crippen LogP contribution >= 0.6 is 0 Å². The van der Waals surface area contributed by atoms with Gasteiger partial charge in [-0.05, 0) is 48.4 Å². The number of fused-ring (bicyclic) bond motifs is 1. The maximum absolute atomic E-state index is 13.4. The number of aromatic nitrogens is 3. The fourth-order valence-corrected chi connectivity index (χ4v) is 3.37. The van der Waals surface area contributed by atoms with Crippen LogP contribution in [0, 0.1) is 5.82 Å². The number of nitrogens with one attached hydrogen (secondary N) is 1. The lowest BCUT2D eigenvalue weighted by Crippen LogP contribution is -2.43. The van der Waals surface area contributed by atoms with E-state index >= 15 is 0 Å². The first kappa shape index (κ1) is 18.2. The van der Waals surface area contributed by atoms with E-state index in [1.165, 1.54) is 12.1 Å². The largest absolute Gasteiger partial charge is 0.279 e. The molecule has 7 heteroatoms. The molecule has 0 aliphatic carbocycles. The molecule has 1 aliphatic heterocycles. The number of halogens is 1. The van der Waals surface area contributed by atoms with Crippen molar-refractivity contribution >= 4 is 11.7 Å². The first-order valence-electron chi connectivity index (χ1n) is 9.51. The number of hydrazine groups is 1. The summed E-state index contributed by atoms with van der Waals surface area (Å²) >= 11 is 0. The Bertz CT molecular complexity index is 968. The van der Waals surface area contributed by atoms with Gasteiger partial charge in [0.05, 0.1) is 18.7 Å². The van der Waals surface area contributed by atoms with Crippen molar-refractivity contribution in [3.63, 3.8) is 0 Å². The van der Waals surface area contributed by atoms with E-state index in [0.717, 1.165) is 41.0 Å². The van der Waals surface area contributed by atoms with Crippen molar-refractivity contribution in [2.45, 2.75) is 32.7 Å². The lowest BCUT2D eigenvalue weighted by molar-refractivity contribution is -0.130. The summed E-state index contributed by atoms with van der Waals surface area (Å²) in [6, 6.07) is 10.1. The summed E-state index contributed by atoms with van der Waals surface area (Å²) in [5.41, 5.74) is 6.64. The lowest BCUT2D eigenvalue weighted by Gasteiger charge is -2.30. The van der Waals surface area contributed by atoms with Gasteiger partial charge in [-0.2, -0.15) is 5.10 Å². The third kappa shape index (κ3) is 3.47. The van der Waals surface area contributed by atoms with Gasteiger partial charge in [0.25, 0.3) is 0 Å². The molecule has 0 radical (unpaired) electrons. The molecule has 0 saturated heterocycles. The zero-order valence-electron chi connectivity index (χ0n) is 15.7. The topological polar surface area (TPSA) is 63.1 Å². The van der Waals surface area contributed by atoms with Gasteiger partial charge in [0.2, 0.25) is 5.91 Å². The van der Waals surface area contributed by atoms with E-state index in [2.05, 4.69) is 17.3 Å². The summed E-state index contributed by atoms with van der Waals surface area (Å²) in [6.07, 6.45) is 5.82. The number of rotatable bonds is 5. The van der Waals surface area contributed by atoms with E-state index in [1.807, 2.05) is 16.8 Å². The summed E-state index contributed by atoms with van der Waals surface area (Å²) in [4.78, 5) is 16.6. The highest BCUT2D eigenvalue weighted by Crippen LogP contribution is 2.39. The summed E-state index contributed by atoms with van der Waals surface area (Å²) in [6.45, 7) is 3.22. The van der Waals surface area contributed by atoms with Crippen LogP contribution in [0.4, 0.5) is 10.2 Å². The highest BCUT2D eigenvalue weighted by Gasteiger charge is 2.27. The van der Waals surface area contributed by atoms with Crippen molar-refractivity contribution < 1.29 is 9.18 Å². The fourth-order valence-electron chi connectivity index (χ4n) is 3.37. The number of unbranched alkanes of at least 4 members (excludes halogenated alkanes) is 1. The smallest absolute Gasteiger partial charge is 0.240 e. The molecule has 6 nitrogen and oxygen atoms in total. The molecule has 0 unspecified atom stereocenters. The molecule has 0 saturated carbocycles. The molecule has 1 aromatic carbocycles. The maximum Gasteiger partial charge on any atom is 0.240 e. The Kier molecular flexibility index (Phi) is 5.06. The normalized spacial score (nSPS) is 13.1. The molecule has 3 aromatic rings. The average molecular weight is 379 g/mol. The molecule has 28 heavy (non-hydrogen) atoms. The van der Waals surface area contributed by atoms with Crippen molar-refractivity contribution in [1.82, 2.24) is 19.8 Å². The molecule has 0 spiro atoms. The Morgan fingerprint density at radius 2 is 1.86 bits per heavy atom. The lowest BCUT2D eigenvalue weighted by atomic mass is 10.0. The Labute approximate surface area is 163 Å². The van der Waals surface area contributed by atoms with E-state index < -0.39 is 0 Å². The Hall–Kier alpha value is -3.22. The van der Waals surface area contributed by atoms with Gasteiger partial charge in [-0.25, -0.2) is 9.07 Å². The second-order valence-corrected chi connectivity index (χ2v) is 6.80. The van der Waals surface area contributed by atoms with Crippen LogP contribution in [0.15, 0.2) is 48.8 Å². The highest BCUT2D eigenvalue weighted by molar-refractivity contribution is 5.90. The van der Waals surface area contributed by atoms with Crippen LogP contribution < -0.4 is 5.43 Å². The number of nitrogens with zero attached hydrogens (tertiary/aromatic N) is 4. The SMILES string of the molecule is CCCCC(=O)N1CCn2nc(-c3ccc(F)cc3)c(-c3ccncc3)c2N1. The van der Waals surface area contributed by atoms with E-state index in [0.29, 0.717) is 19.5 Å². The third-order valence-electron chi connectivity index (χ3n) is 4.86. The maximum atomic E-state index is 13.4. The van der Waals surface area contributed by atoms with Crippen LogP contribution in [0.5, 0.6) is 0 Å².